The second kappa shape index (κ2) is 15.6. The highest BCUT2D eigenvalue weighted by Gasteiger charge is 2.31. The average Bonchev–Trinajstić information content (AvgIpc) is 3.69. The number of halogens is 4. The van der Waals surface area contributed by atoms with Gasteiger partial charge in [-0.05, 0) is 78.6 Å². The predicted octanol–water partition coefficient (Wildman–Crippen LogP) is 6.28. The summed E-state index contributed by atoms with van der Waals surface area (Å²) in [5, 5.41) is 17.4. The summed E-state index contributed by atoms with van der Waals surface area (Å²) in [6.07, 6.45) is 0.214. The Morgan fingerprint density at radius 2 is 1.71 bits per heavy atom. The maximum atomic E-state index is 13.8. The van der Waals surface area contributed by atoms with Crippen molar-refractivity contribution in [2.45, 2.75) is 75.9 Å². The molecule has 2 atom stereocenters. The number of hydrogen-bond acceptors (Lipinski definition) is 5. The normalized spacial score (nSPS) is 16.7. The highest BCUT2D eigenvalue weighted by atomic mass is 35.5. The Hall–Kier alpha value is -3.60. The maximum Gasteiger partial charge on any atom is 0.573 e. The van der Waals surface area contributed by atoms with Crippen LogP contribution in [0.2, 0.25) is 0 Å². The number of nitrogens with zero attached hydrogens (tertiary/aromatic N) is 1. The molecule has 1 saturated carbocycles. The highest BCUT2D eigenvalue weighted by molar-refractivity contribution is 5.99. The molecule has 3 aromatic rings. The molecule has 242 valence electrons. The third kappa shape index (κ3) is 9.69. The van der Waals surface area contributed by atoms with Gasteiger partial charge in [-0.25, -0.2) is 0 Å². The van der Waals surface area contributed by atoms with E-state index in [2.05, 4.69) is 15.4 Å². The van der Waals surface area contributed by atoms with E-state index in [9.17, 15) is 27.9 Å². The number of hydrogen-bond donors (Lipinski definition) is 3. The third-order valence-corrected chi connectivity index (χ3v) is 8.31. The summed E-state index contributed by atoms with van der Waals surface area (Å²) < 4.78 is 41.9. The monoisotopic (exact) mass is 645 g/mol. The summed E-state index contributed by atoms with van der Waals surface area (Å²) in [7, 11) is 0. The van der Waals surface area contributed by atoms with Crippen molar-refractivity contribution in [1.82, 2.24) is 10.6 Å². The number of carbonyl (C=O) groups excluding carboxylic acids is 2. The Kier molecular flexibility index (Phi) is 11.9. The number of nitrogens with one attached hydrogen (secondary N) is 2. The van der Waals surface area contributed by atoms with Gasteiger partial charge in [0.15, 0.2) is 0 Å². The first-order valence-corrected chi connectivity index (χ1v) is 15.2. The average molecular weight is 646 g/mol. The Balaban J connectivity index is 0.00000461. The molecule has 0 radical (unpaired) electrons. The van der Waals surface area contributed by atoms with Gasteiger partial charge >= 0.3 is 6.36 Å². The van der Waals surface area contributed by atoms with Crippen molar-refractivity contribution in [3.05, 3.63) is 95.1 Å². The minimum Gasteiger partial charge on any atom is -0.406 e. The summed E-state index contributed by atoms with van der Waals surface area (Å²) in [6, 6.07) is 20.2. The number of anilines is 1. The Labute approximate surface area is 267 Å². The fourth-order valence-corrected chi connectivity index (χ4v) is 6.10. The molecule has 11 heteroatoms. The van der Waals surface area contributed by atoms with Crippen LogP contribution in [0.5, 0.6) is 5.75 Å². The van der Waals surface area contributed by atoms with Crippen molar-refractivity contribution in [2.24, 2.45) is 0 Å². The zero-order chi connectivity index (χ0) is 31.1. The lowest BCUT2D eigenvalue weighted by atomic mass is 9.94. The number of amides is 2. The van der Waals surface area contributed by atoms with Crippen LogP contribution in [0.3, 0.4) is 0 Å². The molecule has 0 bridgehead atoms. The van der Waals surface area contributed by atoms with Gasteiger partial charge in [-0.1, -0.05) is 55.3 Å². The summed E-state index contributed by atoms with van der Waals surface area (Å²) in [6.45, 7) is 0.896. The Morgan fingerprint density at radius 1 is 0.978 bits per heavy atom. The molecule has 1 aliphatic carbocycles. The zero-order valence-corrected chi connectivity index (χ0v) is 25.7. The van der Waals surface area contributed by atoms with E-state index in [1.807, 2.05) is 42.5 Å². The molecule has 3 aromatic carbocycles. The number of aliphatic hydroxyl groups excluding tert-OH is 1. The van der Waals surface area contributed by atoms with E-state index in [0.717, 1.165) is 48.9 Å². The summed E-state index contributed by atoms with van der Waals surface area (Å²) in [5.41, 5.74) is 3.72. The first kappa shape index (κ1) is 34.3. The fraction of sp³-hybridized carbons (Fsp3) is 0.412. The van der Waals surface area contributed by atoms with Crippen LogP contribution in [-0.4, -0.2) is 48.5 Å². The topological polar surface area (TPSA) is 90.9 Å². The van der Waals surface area contributed by atoms with Gasteiger partial charge in [0.05, 0.1) is 12.1 Å². The quantitative estimate of drug-likeness (QED) is 0.216. The van der Waals surface area contributed by atoms with Crippen molar-refractivity contribution in [2.75, 3.05) is 18.0 Å². The van der Waals surface area contributed by atoms with Gasteiger partial charge in [0.1, 0.15) is 5.75 Å². The molecule has 3 N–H and O–H groups in total. The second-order valence-corrected chi connectivity index (χ2v) is 11.6. The zero-order valence-electron chi connectivity index (χ0n) is 24.9. The second-order valence-electron chi connectivity index (χ2n) is 11.6. The maximum absolute atomic E-state index is 13.8. The number of carbonyl (C=O) groups is 2. The molecule has 0 spiro atoms. The Morgan fingerprint density at radius 3 is 2.40 bits per heavy atom. The SMILES string of the molecule is Cl.O=C(N[C@@H](Cc1ccccc1)[C@H](O)CNCc1cccc(OC(F)(F)F)c1)c1cc(C2CCCC2)cc(N2CCCC2=O)c1. The van der Waals surface area contributed by atoms with Crippen LogP contribution in [0, 0.1) is 0 Å². The van der Waals surface area contributed by atoms with Crippen LogP contribution in [0.1, 0.15) is 71.5 Å². The highest BCUT2D eigenvalue weighted by Crippen LogP contribution is 2.37. The molecule has 1 heterocycles. The van der Waals surface area contributed by atoms with Crippen LogP contribution < -0.4 is 20.3 Å². The summed E-state index contributed by atoms with van der Waals surface area (Å²) >= 11 is 0. The molecule has 2 fully saturated rings. The van der Waals surface area contributed by atoms with E-state index in [0.29, 0.717) is 36.4 Å². The van der Waals surface area contributed by atoms with E-state index >= 15 is 0 Å². The minimum absolute atomic E-state index is 0. The van der Waals surface area contributed by atoms with Gasteiger partial charge in [-0.2, -0.15) is 0 Å². The van der Waals surface area contributed by atoms with Crippen LogP contribution in [-0.2, 0) is 17.8 Å². The molecule has 45 heavy (non-hydrogen) atoms. The van der Waals surface area contributed by atoms with E-state index in [-0.39, 0.29) is 43.1 Å². The predicted molar refractivity (Wildman–Crippen MR) is 169 cm³/mol. The van der Waals surface area contributed by atoms with Crippen LogP contribution >= 0.6 is 12.4 Å². The molecule has 1 saturated heterocycles. The molecule has 1 aliphatic heterocycles. The van der Waals surface area contributed by atoms with Crippen molar-refractivity contribution in [3.63, 3.8) is 0 Å². The number of aliphatic hydroxyl groups is 1. The summed E-state index contributed by atoms with van der Waals surface area (Å²) in [4.78, 5) is 28.1. The van der Waals surface area contributed by atoms with Gasteiger partial charge in [0.25, 0.3) is 5.91 Å². The standard InChI is InChI=1S/C34H38F3N3O4.ClH/c35-34(36,37)44-29-13-6-10-24(16-29)21-38-22-31(41)30(17-23-8-2-1-3-9-23)39-33(43)27-18-26(25-11-4-5-12-25)19-28(20-27)40-15-7-14-32(40)42;/h1-3,6,8-10,13,16,18-20,25,30-31,38,41H,4-5,7,11-12,14-15,17,21-22H2,(H,39,43);1H/t30-,31+;/m0./s1. The lowest BCUT2D eigenvalue weighted by Gasteiger charge is -2.26. The van der Waals surface area contributed by atoms with Gasteiger partial charge in [-0.15, -0.1) is 25.6 Å². The largest absolute Gasteiger partial charge is 0.573 e. The van der Waals surface area contributed by atoms with Gasteiger partial charge in [0.2, 0.25) is 5.91 Å². The molecular weight excluding hydrogens is 607 g/mol. The number of rotatable bonds is 12. The van der Waals surface area contributed by atoms with Crippen LogP contribution in [0.15, 0.2) is 72.8 Å². The van der Waals surface area contributed by atoms with Gasteiger partial charge in [0, 0.05) is 37.3 Å². The van der Waals surface area contributed by atoms with Crippen LogP contribution in [0.4, 0.5) is 18.9 Å². The third-order valence-electron chi connectivity index (χ3n) is 8.31. The number of benzene rings is 3. The summed E-state index contributed by atoms with van der Waals surface area (Å²) in [5.74, 6) is -0.260. The van der Waals surface area contributed by atoms with Crippen LogP contribution in [0.25, 0.3) is 0 Å². The first-order valence-electron chi connectivity index (χ1n) is 15.2. The van der Waals surface area contributed by atoms with E-state index in [1.165, 1.54) is 18.2 Å². The Bertz CT molecular complexity index is 1430. The van der Waals surface area contributed by atoms with E-state index in [1.54, 1.807) is 17.0 Å². The molecule has 7 nitrogen and oxygen atoms in total. The first-order chi connectivity index (χ1) is 21.1. The van der Waals surface area contributed by atoms with Crippen molar-refractivity contribution in [1.29, 1.82) is 0 Å². The van der Waals surface area contributed by atoms with Crippen molar-refractivity contribution in [3.8, 4) is 5.75 Å². The minimum atomic E-state index is -4.79. The molecule has 5 rings (SSSR count). The molecule has 0 unspecified atom stereocenters. The van der Waals surface area contributed by atoms with Gasteiger partial charge < -0.3 is 25.4 Å². The fourth-order valence-electron chi connectivity index (χ4n) is 6.10. The van der Waals surface area contributed by atoms with Crippen molar-refractivity contribution < 1.29 is 32.6 Å². The molecular formula is C34H39ClF3N3O4. The van der Waals surface area contributed by atoms with Crippen molar-refractivity contribution >= 4 is 29.9 Å². The lowest BCUT2D eigenvalue weighted by Crippen LogP contribution is -2.48. The lowest BCUT2D eigenvalue weighted by molar-refractivity contribution is -0.274. The molecule has 2 amide bonds. The smallest absolute Gasteiger partial charge is 0.406 e. The van der Waals surface area contributed by atoms with E-state index in [4.69, 9.17) is 0 Å². The van der Waals surface area contributed by atoms with E-state index < -0.39 is 18.5 Å². The van der Waals surface area contributed by atoms with Gasteiger partial charge in [-0.3, -0.25) is 9.59 Å². The number of alkyl halides is 3. The molecule has 2 aliphatic rings. The molecule has 0 aromatic heterocycles. The number of ether oxygens (including phenoxy) is 1.